The molecule has 0 radical (unpaired) electrons. The van der Waals surface area contributed by atoms with Crippen molar-refractivity contribution in [1.82, 2.24) is 4.57 Å². The quantitative estimate of drug-likeness (QED) is 0.405. The largest absolute Gasteiger partial charge is 0.388 e. The lowest BCUT2D eigenvalue weighted by atomic mass is 9.89. The molecule has 0 aliphatic heterocycles. The lowest BCUT2D eigenvalue weighted by Crippen LogP contribution is -2.15. The first-order chi connectivity index (χ1) is 16.1. The number of halogens is 1. The first-order valence-corrected chi connectivity index (χ1v) is 12.5. The van der Waals surface area contributed by atoms with Crippen LogP contribution in [0.2, 0.25) is 5.02 Å². The highest BCUT2D eigenvalue weighted by molar-refractivity contribution is 6.31. The Bertz CT molecular complexity index is 1190. The Morgan fingerprint density at radius 3 is 2.76 bits per heavy atom. The van der Waals surface area contributed by atoms with Crippen molar-refractivity contribution in [3.8, 4) is 0 Å². The summed E-state index contributed by atoms with van der Waals surface area (Å²) in [6.07, 6.45) is 12.3. The zero-order chi connectivity index (χ0) is 22.8. The predicted molar refractivity (Wildman–Crippen MR) is 136 cm³/mol. The summed E-state index contributed by atoms with van der Waals surface area (Å²) >= 11 is 6.24. The lowest BCUT2D eigenvalue weighted by molar-refractivity contribution is -0.111. The molecule has 172 valence electrons. The fourth-order valence-corrected chi connectivity index (χ4v) is 5.61. The van der Waals surface area contributed by atoms with Gasteiger partial charge in [0.05, 0.1) is 6.10 Å². The molecule has 2 aromatic carbocycles. The molecule has 3 aromatic rings. The molecular weight excluding hydrogens is 432 g/mol. The van der Waals surface area contributed by atoms with E-state index in [1.165, 1.54) is 37.7 Å². The summed E-state index contributed by atoms with van der Waals surface area (Å²) in [5, 5.41) is 15.1. The number of rotatable bonds is 5. The molecule has 1 atom stereocenters. The van der Waals surface area contributed by atoms with Crippen LogP contribution < -0.4 is 5.32 Å². The van der Waals surface area contributed by atoms with E-state index in [1.807, 2.05) is 36.4 Å². The Balaban J connectivity index is 1.36. The van der Waals surface area contributed by atoms with Gasteiger partial charge in [-0.05, 0) is 91.6 Å². The second-order valence-electron chi connectivity index (χ2n) is 9.53. The molecule has 2 aliphatic rings. The first-order valence-electron chi connectivity index (χ1n) is 12.2. The molecule has 1 heterocycles. The van der Waals surface area contributed by atoms with Gasteiger partial charge in [0.2, 0.25) is 5.91 Å². The van der Waals surface area contributed by atoms with Crippen LogP contribution in [0.1, 0.15) is 67.9 Å². The zero-order valence-electron chi connectivity index (χ0n) is 18.9. The number of hydrogen-bond donors (Lipinski definition) is 2. The molecule has 1 amide bonds. The van der Waals surface area contributed by atoms with E-state index in [-0.39, 0.29) is 5.91 Å². The molecule has 4 nitrogen and oxygen atoms in total. The minimum Gasteiger partial charge on any atom is -0.388 e. The standard InChI is InChI=1S/C28H31ClN2O2/c29-22-10-13-26-21(15-22)16-24(31(26)18-19-5-2-1-3-6-19)12-14-28(33)30-23-11-9-20-7-4-8-27(32)25(20)17-23/h9-17,19,27,32H,1-8,18H2,(H,30,33)/b14-12+. The number of aliphatic hydroxyl groups excluding tert-OH is 1. The van der Waals surface area contributed by atoms with Crippen molar-refractivity contribution in [2.24, 2.45) is 5.92 Å². The van der Waals surface area contributed by atoms with Gasteiger partial charge < -0.3 is 15.0 Å². The van der Waals surface area contributed by atoms with E-state index in [0.717, 1.165) is 58.7 Å². The highest BCUT2D eigenvalue weighted by atomic mass is 35.5. The molecule has 0 spiro atoms. The van der Waals surface area contributed by atoms with Crippen molar-refractivity contribution in [2.45, 2.75) is 64.0 Å². The van der Waals surface area contributed by atoms with Crippen molar-refractivity contribution in [3.05, 3.63) is 70.4 Å². The molecule has 2 aliphatic carbocycles. The number of carbonyl (C=O) groups excluding carboxylic acids is 1. The second-order valence-corrected chi connectivity index (χ2v) is 9.97. The van der Waals surface area contributed by atoms with Crippen LogP contribution in [0.25, 0.3) is 17.0 Å². The summed E-state index contributed by atoms with van der Waals surface area (Å²) in [4.78, 5) is 12.7. The molecule has 5 heteroatoms. The van der Waals surface area contributed by atoms with Crippen molar-refractivity contribution in [1.29, 1.82) is 0 Å². The topological polar surface area (TPSA) is 54.3 Å². The van der Waals surface area contributed by atoms with Gasteiger partial charge >= 0.3 is 0 Å². The molecule has 0 bridgehead atoms. The van der Waals surface area contributed by atoms with E-state index in [9.17, 15) is 9.90 Å². The zero-order valence-corrected chi connectivity index (χ0v) is 19.7. The summed E-state index contributed by atoms with van der Waals surface area (Å²) in [6.45, 7) is 0.967. The van der Waals surface area contributed by atoms with Crippen LogP contribution in [-0.2, 0) is 17.8 Å². The maximum Gasteiger partial charge on any atom is 0.248 e. The van der Waals surface area contributed by atoms with Crippen molar-refractivity contribution in [2.75, 3.05) is 5.32 Å². The third-order valence-electron chi connectivity index (χ3n) is 7.16. The molecular formula is C28H31ClN2O2. The molecule has 1 aromatic heterocycles. The van der Waals surface area contributed by atoms with E-state index in [2.05, 4.69) is 22.0 Å². The normalized spacial score (nSPS) is 19.2. The van der Waals surface area contributed by atoms with E-state index in [1.54, 1.807) is 6.08 Å². The van der Waals surface area contributed by atoms with Gasteiger partial charge in [0.25, 0.3) is 0 Å². The number of amides is 1. The van der Waals surface area contributed by atoms with Crippen molar-refractivity contribution >= 4 is 40.2 Å². The van der Waals surface area contributed by atoms with Crippen LogP contribution in [0.4, 0.5) is 5.69 Å². The summed E-state index contributed by atoms with van der Waals surface area (Å²) in [5.41, 5.74) is 5.02. The third-order valence-corrected chi connectivity index (χ3v) is 7.40. The van der Waals surface area contributed by atoms with Gasteiger partial charge in [0.15, 0.2) is 0 Å². The number of aryl methyl sites for hydroxylation is 1. The molecule has 33 heavy (non-hydrogen) atoms. The average Bonchev–Trinajstić information content (AvgIpc) is 3.15. The van der Waals surface area contributed by atoms with E-state index in [0.29, 0.717) is 5.92 Å². The summed E-state index contributed by atoms with van der Waals surface area (Å²) in [5.74, 6) is 0.501. The number of benzene rings is 2. The molecule has 1 unspecified atom stereocenters. The predicted octanol–water partition coefficient (Wildman–Crippen LogP) is 6.90. The Morgan fingerprint density at radius 2 is 1.91 bits per heavy atom. The van der Waals surface area contributed by atoms with Crippen LogP contribution in [0.3, 0.4) is 0 Å². The van der Waals surface area contributed by atoms with Gasteiger partial charge in [-0.25, -0.2) is 0 Å². The monoisotopic (exact) mass is 462 g/mol. The van der Waals surface area contributed by atoms with E-state index >= 15 is 0 Å². The summed E-state index contributed by atoms with van der Waals surface area (Å²) in [7, 11) is 0. The highest BCUT2D eigenvalue weighted by Gasteiger charge is 2.19. The van der Waals surface area contributed by atoms with Gasteiger partial charge in [-0.1, -0.05) is 36.9 Å². The molecule has 5 rings (SSSR count). The fraction of sp³-hybridized carbons (Fsp3) is 0.393. The Labute approximate surface area is 200 Å². The van der Waals surface area contributed by atoms with Crippen LogP contribution in [0, 0.1) is 5.92 Å². The van der Waals surface area contributed by atoms with Crippen LogP contribution in [0.5, 0.6) is 0 Å². The minimum absolute atomic E-state index is 0.173. The number of carbonyl (C=O) groups is 1. The fourth-order valence-electron chi connectivity index (χ4n) is 5.43. The number of aromatic nitrogens is 1. The van der Waals surface area contributed by atoms with Crippen LogP contribution >= 0.6 is 11.6 Å². The Hall–Kier alpha value is -2.56. The van der Waals surface area contributed by atoms with Gasteiger partial charge in [0.1, 0.15) is 0 Å². The Morgan fingerprint density at radius 1 is 1.06 bits per heavy atom. The van der Waals surface area contributed by atoms with Crippen molar-refractivity contribution in [3.63, 3.8) is 0 Å². The molecule has 1 saturated carbocycles. The number of nitrogens with one attached hydrogen (secondary N) is 1. The molecule has 0 saturated heterocycles. The highest BCUT2D eigenvalue weighted by Crippen LogP contribution is 2.32. The van der Waals surface area contributed by atoms with Crippen LogP contribution in [0.15, 0.2) is 48.5 Å². The second kappa shape index (κ2) is 9.74. The van der Waals surface area contributed by atoms with Gasteiger partial charge in [0, 0.05) is 39.9 Å². The first kappa shape index (κ1) is 22.2. The smallest absolute Gasteiger partial charge is 0.248 e. The number of hydrogen-bond acceptors (Lipinski definition) is 2. The lowest BCUT2D eigenvalue weighted by Gasteiger charge is -2.23. The van der Waals surface area contributed by atoms with Gasteiger partial charge in [-0.3, -0.25) is 4.79 Å². The van der Waals surface area contributed by atoms with Gasteiger partial charge in [-0.2, -0.15) is 0 Å². The average molecular weight is 463 g/mol. The van der Waals surface area contributed by atoms with E-state index < -0.39 is 6.10 Å². The number of anilines is 1. The number of nitrogens with zero attached hydrogens (tertiary/aromatic N) is 1. The number of aliphatic hydroxyl groups is 1. The van der Waals surface area contributed by atoms with Crippen molar-refractivity contribution < 1.29 is 9.90 Å². The number of fused-ring (bicyclic) bond motifs is 2. The third kappa shape index (κ3) is 5.02. The molecule has 1 fully saturated rings. The SMILES string of the molecule is O=C(/C=C/c1cc2cc(Cl)ccc2n1CC1CCCCC1)Nc1ccc2c(c1)C(O)CCC2. The maximum atomic E-state index is 12.7. The summed E-state index contributed by atoms with van der Waals surface area (Å²) in [6, 6.07) is 14.0. The minimum atomic E-state index is -0.441. The maximum absolute atomic E-state index is 12.7. The van der Waals surface area contributed by atoms with Crippen LogP contribution in [-0.4, -0.2) is 15.6 Å². The van der Waals surface area contributed by atoms with E-state index in [4.69, 9.17) is 11.6 Å². The Kier molecular flexibility index (Phi) is 6.57. The van der Waals surface area contributed by atoms with Gasteiger partial charge in [-0.15, -0.1) is 0 Å². The molecule has 2 N–H and O–H groups in total. The summed E-state index contributed by atoms with van der Waals surface area (Å²) < 4.78 is 2.33.